The molecule has 1 aromatic rings. The minimum absolute atomic E-state index is 0.0515. The highest BCUT2D eigenvalue weighted by Crippen LogP contribution is 2.07. The Morgan fingerprint density at radius 2 is 2.15 bits per heavy atom. The molecular formula is C13H16N2O5. The van der Waals surface area contributed by atoms with Crippen LogP contribution < -0.4 is 11.1 Å². The number of carbonyl (C=O) groups excluding carboxylic acids is 2. The van der Waals surface area contributed by atoms with Gasteiger partial charge < -0.3 is 20.6 Å². The minimum atomic E-state index is -1.22. The molecule has 0 aliphatic rings. The van der Waals surface area contributed by atoms with Crippen molar-refractivity contribution in [2.75, 3.05) is 0 Å². The van der Waals surface area contributed by atoms with E-state index in [-0.39, 0.29) is 12.8 Å². The molecule has 0 aliphatic heterocycles. The normalized spacial score (nSPS) is 12.2. The van der Waals surface area contributed by atoms with E-state index in [1.54, 1.807) is 19.1 Å². The number of hydrogen-bond acceptors (Lipinski definition) is 4. The number of carbonyl (C=O) groups is 3. The van der Waals surface area contributed by atoms with Gasteiger partial charge in [0.15, 0.2) is 0 Å². The number of aryl methyl sites for hydroxylation is 1. The van der Waals surface area contributed by atoms with E-state index in [0.29, 0.717) is 11.5 Å². The number of aliphatic carboxylic acids is 1. The number of nitrogens with one attached hydrogen (secondary N) is 1. The average Bonchev–Trinajstić information content (AvgIpc) is 2.77. The monoisotopic (exact) mass is 280 g/mol. The summed E-state index contributed by atoms with van der Waals surface area (Å²) in [7, 11) is 0. The zero-order valence-electron chi connectivity index (χ0n) is 11.0. The van der Waals surface area contributed by atoms with Gasteiger partial charge in [0.2, 0.25) is 11.8 Å². The zero-order chi connectivity index (χ0) is 15.1. The number of nitrogens with two attached hydrogens (primary N) is 1. The van der Waals surface area contributed by atoms with Gasteiger partial charge in [0.25, 0.3) is 0 Å². The van der Waals surface area contributed by atoms with Gasteiger partial charge in [-0.1, -0.05) is 0 Å². The van der Waals surface area contributed by atoms with Crippen LogP contribution in [-0.2, 0) is 14.4 Å². The first kappa shape index (κ1) is 15.5. The van der Waals surface area contributed by atoms with Gasteiger partial charge in [-0.3, -0.25) is 9.59 Å². The molecule has 7 heteroatoms. The molecule has 1 aromatic heterocycles. The highest BCUT2D eigenvalue weighted by atomic mass is 16.4. The van der Waals surface area contributed by atoms with Crippen LogP contribution in [0.1, 0.15) is 24.4 Å². The van der Waals surface area contributed by atoms with Crippen LogP contribution in [0.2, 0.25) is 0 Å². The highest BCUT2D eigenvalue weighted by molar-refractivity contribution is 5.94. The van der Waals surface area contributed by atoms with Crippen molar-refractivity contribution in [2.45, 2.75) is 25.8 Å². The molecule has 7 nitrogen and oxygen atoms in total. The Bertz CT molecular complexity index is 533. The number of furan rings is 1. The van der Waals surface area contributed by atoms with Crippen molar-refractivity contribution >= 4 is 23.9 Å². The number of amides is 2. The molecule has 0 bridgehead atoms. The van der Waals surface area contributed by atoms with Crippen LogP contribution >= 0.6 is 0 Å². The smallest absolute Gasteiger partial charge is 0.326 e. The van der Waals surface area contributed by atoms with Crippen LogP contribution in [0.3, 0.4) is 0 Å². The molecule has 1 heterocycles. The van der Waals surface area contributed by atoms with Gasteiger partial charge >= 0.3 is 5.97 Å². The molecule has 108 valence electrons. The van der Waals surface area contributed by atoms with Crippen LogP contribution in [0.4, 0.5) is 0 Å². The second-order valence-corrected chi connectivity index (χ2v) is 4.19. The van der Waals surface area contributed by atoms with Crippen LogP contribution in [-0.4, -0.2) is 28.9 Å². The SMILES string of the molecule is Cc1ccc(/C=C/C(=O)N[C@@H](CCC(N)=O)C(=O)O)o1. The lowest BCUT2D eigenvalue weighted by atomic mass is 10.1. The van der Waals surface area contributed by atoms with E-state index in [0.717, 1.165) is 0 Å². The van der Waals surface area contributed by atoms with Gasteiger partial charge in [0.05, 0.1) is 0 Å². The first-order valence-electron chi connectivity index (χ1n) is 5.94. The van der Waals surface area contributed by atoms with E-state index in [9.17, 15) is 14.4 Å². The molecule has 0 unspecified atom stereocenters. The fourth-order valence-corrected chi connectivity index (χ4v) is 1.46. The third-order valence-corrected chi connectivity index (χ3v) is 2.45. The molecule has 20 heavy (non-hydrogen) atoms. The standard InChI is InChI=1S/C13H16N2O5/c1-8-2-3-9(20-8)4-7-12(17)15-10(13(18)19)5-6-11(14)16/h2-4,7,10H,5-6H2,1H3,(H2,14,16)(H,15,17)(H,18,19)/b7-4+/t10-/m0/s1. The molecule has 0 spiro atoms. The van der Waals surface area contributed by atoms with E-state index in [1.807, 2.05) is 0 Å². The summed E-state index contributed by atoms with van der Waals surface area (Å²) in [5, 5.41) is 11.2. The molecule has 0 aromatic carbocycles. The molecule has 0 saturated carbocycles. The Balaban J connectivity index is 2.55. The first-order valence-corrected chi connectivity index (χ1v) is 5.94. The topological polar surface area (TPSA) is 123 Å². The quantitative estimate of drug-likeness (QED) is 0.625. The summed E-state index contributed by atoms with van der Waals surface area (Å²) in [5.41, 5.74) is 4.94. The fourth-order valence-electron chi connectivity index (χ4n) is 1.46. The second-order valence-electron chi connectivity index (χ2n) is 4.19. The number of rotatable bonds is 7. The van der Waals surface area contributed by atoms with E-state index in [4.69, 9.17) is 15.3 Å². The van der Waals surface area contributed by atoms with Gasteiger partial charge in [-0.15, -0.1) is 0 Å². The zero-order valence-corrected chi connectivity index (χ0v) is 11.0. The molecule has 1 atom stereocenters. The van der Waals surface area contributed by atoms with Crippen LogP contribution in [0, 0.1) is 6.92 Å². The molecule has 1 rings (SSSR count). The second kappa shape index (κ2) is 7.13. The first-order chi connectivity index (χ1) is 9.38. The van der Waals surface area contributed by atoms with Crippen molar-refractivity contribution in [3.05, 3.63) is 29.7 Å². The Morgan fingerprint density at radius 3 is 2.65 bits per heavy atom. The Kier molecular flexibility index (Phi) is 5.52. The maximum absolute atomic E-state index is 11.6. The fraction of sp³-hybridized carbons (Fsp3) is 0.308. The predicted molar refractivity (Wildman–Crippen MR) is 70.5 cm³/mol. The van der Waals surface area contributed by atoms with Crippen LogP contribution in [0.5, 0.6) is 0 Å². The van der Waals surface area contributed by atoms with Crippen LogP contribution in [0.25, 0.3) is 6.08 Å². The lowest BCUT2D eigenvalue weighted by molar-refractivity contribution is -0.141. The molecule has 0 aliphatic carbocycles. The molecule has 0 saturated heterocycles. The summed E-state index contributed by atoms with van der Waals surface area (Å²) >= 11 is 0. The van der Waals surface area contributed by atoms with Crippen molar-refractivity contribution in [1.29, 1.82) is 0 Å². The van der Waals surface area contributed by atoms with Crippen molar-refractivity contribution in [2.24, 2.45) is 5.73 Å². The largest absolute Gasteiger partial charge is 0.480 e. The van der Waals surface area contributed by atoms with E-state index in [1.165, 1.54) is 12.2 Å². The Labute approximate surface area is 115 Å². The summed E-state index contributed by atoms with van der Waals surface area (Å²) in [5.74, 6) is -1.23. The molecule has 0 radical (unpaired) electrons. The van der Waals surface area contributed by atoms with Crippen molar-refractivity contribution in [3.8, 4) is 0 Å². The Morgan fingerprint density at radius 1 is 1.45 bits per heavy atom. The minimum Gasteiger partial charge on any atom is -0.480 e. The van der Waals surface area contributed by atoms with E-state index in [2.05, 4.69) is 5.32 Å². The average molecular weight is 280 g/mol. The summed E-state index contributed by atoms with van der Waals surface area (Å²) in [6.07, 6.45) is 2.43. The van der Waals surface area contributed by atoms with E-state index >= 15 is 0 Å². The summed E-state index contributed by atoms with van der Waals surface area (Å²) < 4.78 is 5.22. The van der Waals surface area contributed by atoms with Crippen LogP contribution in [0.15, 0.2) is 22.6 Å². The molecular weight excluding hydrogens is 264 g/mol. The molecule has 0 fully saturated rings. The van der Waals surface area contributed by atoms with Gasteiger partial charge in [0, 0.05) is 12.5 Å². The highest BCUT2D eigenvalue weighted by Gasteiger charge is 2.19. The third kappa shape index (κ3) is 5.38. The van der Waals surface area contributed by atoms with Gasteiger partial charge in [-0.25, -0.2) is 4.79 Å². The summed E-state index contributed by atoms with van der Waals surface area (Å²) in [6.45, 7) is 1.77. The lowest BCUT2D eigenvalue weighted by Crippen LogP contribution is -2.40. The number of hydrogen-bond donors (Lipinski definition) is 3. The Hall–Kier alpha value is -2.57. The van der Waals surface area contributed by atoms with Gasteiger partial charge in [0.1, 0.15) is 17.6 Å². The molecule has 2 amide bonds. The lowest BCUT2D eigenvalue weighted by Gasteiger charge is -2.11. The summed E-state index contributed by atoms with van der Waals surface area (Å²) in [6, 6.07) is 2.27. The van der Waals surface area contributed by atoms with Gasteiger partial charge in [-0.05, 0) is 31.6 Å². The number of carboxylic acids is 1. The van der Waals surface area contributed by atoms with Crippen molar-refractivity contribution in [1.82, 2.24) is 5.32 Å². The van der Waals surface area contributed by atoms with Gasteiger partial charge in [-0.2, -0.15) is 0 Å². The number of primary amides is 1. The number of carboxylic acid groups (broad SMARTS) is 1. The van der Waals surface area contributed by atoms with Crippen molar-refractivity contribution < 1.29 is 23.9 Å². The third-order valence-electron chi connectivity index (χ3n) is 2.45. The maximum atomic E-state index is 11.6. The van der Waals surface area contributed by atoms with Crippen molar-refractivity contribution in [3.63, 3.8) is 0 Å². The summed E-state index contributed by atoms with van der Waals surface area (Å²) in [4.78, 5) is 33.1. The maximum Gasteiger partial charge on any atom is 0.326 e. The predicted octanol–water partition coefficient (Wildman–Crippen LogP) is 0.436. The molecule has 4 N–H and O–H groups in total. The van der Waals surface area contributed by atoms with E-state index < -0.39 is 23.8 Å².